The predicted octanol–water partition coefficient (Wildman–Crippen LogP) is 11.5. The van der Waals surface area contributed by atoms with Crippen molar-refractivity contribution in [2.45, 2.75) is 27.7 Å². The van der Waals surface area contributed by atoms with Crippen molar-refractivity contribution in [3.05, 3.63) is 165 Å². The highest BCUT2D eigenvalue weighted by atomic mass is 31.2. The summed E-state index contributed by atoms with van der Waals surface area (Å²) in [5.41, 5.74) is 8.06. The summed E-state index contributed by atoms with van der Waals surface area (Å²) in [6.07, 6.45) is 1.11. The average molecular weight is 611 g/mol. The molecule has 0 unspecified atom stereocenters. The van der Waals surface area contributed by atoms with Gasteiger partial charge in [-0.3, -0.25) is 0 Å². The highest BCUT2D eigenvalue weighted by molar-refractivity contribution is 7.85. The van der Waals surface area contributed by atoms with Crippen molar-refractivity contribution < 1.29 is 9.13 Å². The lowest BCUT2D eigenvalue weighted by Gasteiger charge is -2.35. The Morgan fingerprint density at radius 1 is 0.432 bits per heavy atom. The van der Waals surface area contributed by atoms with Gasteiger partial charge in [-0.15, -0.1) is 0 Å². The fourth-order valence-corrected chi connectivity index (χ4v) is 18.7. The molecule has 4 aliphatic rings. The summed E-state index contributed by atoms with van der Waals surface area (Å²) >= 11 is 0. The van der Waals surface area contributed by atoms with Gasteiger partial charge in [0.15, 0.2) is 0 Å². The molecule has 8 rings (SSSR count). The smallest absolute Gasteiger partial charge is 0.146 e. The number of benzene rings is 4. The molecule has 0 saturated carbocycles. The van der Waals surface area contributed by atoms with Crippen molar-refractivity contribution in [1.82, 2.24) is 0 Å². The third-order valence-electron chi connectivity index (χ3n) is 10.9. The maximum atomic E-state index is 16.0. The lowest BCUT2D eigenvalue weighted by atomic mass is 9.72. The second-order valence-electron chi connectivity index (χ2n) is 13.3. The fraction of sp³-hybridized carbons (Fsp3) is 0.200. The second-order valence-corrected chi connectivity index (χ2v) is 18.7. The fourth-order valence-electron chi connectivity index (χ4n) is 8.86. The number of rotatable bonds is 5. The Morgan fingerprint density at radius 2 is 0.705 bits per heavy atom. The van der Waals surface area contributed by atoms with Gasteiger partial charge in [-0.1, -0.05) is 146 Å². The van der Waals surface area contributed by atoms with Crippen LogP contribution in [-0.4, -0.2) is 12.3 Å². The average Bonchev–Trinajstić information content (AvgIpc) is 3.60. The van der Waals surface area contributed by atoms with Crippen molar-refractivity contribution in [3.8, 4) is 0 Å². The van der Waals surface area contributed by atoms with E-state index in [0.717, 1.165) is 54.7 Å². The molecule has 0 aromatic heterocycles. The molecule has 4 aromatic rings. The molecule has 4 aliphatic heterocycles. The number of hydrogen-bond donors (Lipinski definition) is 0. The van der Waals surface area contributed by atoms with Crippen LogP contribution in [0, 0.1) is 10.8 Å². The van der Waals surface area contributed by atoms with E-state index in [1.54, 1.807) is 0 Å². The Bertz CT molecular complexity index is 1930. The number of allylic oxidation sites excluding steroid dienone is 6. The van der Waals surface area contributed by atoms with Crippen LogP contribution in [0.1, 0.15) is 49.9 Å². The topological polar surface area (TPSA) is 34.1 Å². The Balaban J connectivity index is 1.41. The van der Waals surface area contributed by atoms with Gasteiger partial charge < -0.3 is 9.13 Å². The predicted molar refractivity (Wildman–Crippen MR) is 186 cm³/mol. The van der Waals surface area contributed by atoms with Crippen LogP contribution < -0.4 is 0 Å². The minimum atomic E-state index is -3.15. The number of fused-ring (bicyclic) bond motifs is 4. The van der Waals surface area contributed by atoms with Crippen LogP contribution in [0.3, 0.4) is 0 Å². The van der Waals surface area contributed by atoms with Gasteiger partial charge in [-0.25, -0.2) is 0 Å². The summed E-state index contributed by atoms with van der Waals surface area (Å²) in [7, 11) is -6.31. The molecule has 4 heterocycles. The Hall–Kier alpha value is -3.70. The molecule has 0 N–H and O–H groups in total. The van der Waals surface area contributed by atoms with Gasteiger partial charge in [0.05, 0.1) is 0 Å². The molecule has 218 valence electrons. The Morgan fingerprint density at radius 3 is 1.00 bits per heavy atom. The normalized spacial score (nSPS) is 30.7. The summed E-state index contributed by atoms with van der Waals surface area (Å²) in [5, 5.41) is 3.73. The highest BCUT2D eigenvalue weighted by Crippen LogP contribution is 2.92. The molecule has 4 atom stereocenters. The minimum absolute atomic E-state index is 0.410. The van der Waals surface area contributed by atoms with E-state index < -0.39 is 25.1 Å². The second kappa shape index (κ2) is 9.40. The zero-order valence-electron chi connectivity index (χ0n) is 25.7. The first-order valence-electron chi connectivity index (χ1n) is 15.5. The summed E-state index contributed by atoms with van der Waals surface area (Å²) in [6.45, 7) is 8.88. The first kappa shape index (κ1) is 27.8. The van der Waals surface area contributed by atoms with Crippen LogP contribution in [0.4, 0.5) is 0 Å². The first-order chi connectivity index (χ1) is 21.1. The lowest BCUT2D eigenvalue weighted by molar-refractivity contribution is 0.575. The van der Waals surface area contributed by atoms with Gasteiger partial charge in [-0.2, -0.15) is 0 Å². The molecule has 0 spiro atoms. The van der Waals surface area contributed by atoms with Crippen LogP contribution in [-0.2, 0) is 9.13 Å². The lowest BCUT2D eigenvalue weighted by Crippen LogP contribution is -2.20. The van der Waals surface area contributed by atoms with E-state index in [0.29, 0.717) is 12.3 Å². The van der Waals surface area contributed by atoms with E-state index in [1.807, 2.05) is 48.5 Å². The van der Waals surface area contributed by atoms with Crippen LogP contribution in [0.15, 0.2) is 143 Å². The molecule has 0 amide bonds. The molecule has 4 bridgehead atoms. The molecular weight excluding hydrogens is 574 g/mol. The zero-order chi connectivity index (χ0) is 30.5. The van der Waals surface area contributed by atoms with Crippen LogP contribution in [0.2, 0.25) is 0 Å². The molecule has 0 radical (unpaired) electrons. The van der Waals surface area contributed by atoms with E-state index >= 15 is 9.13 Å². The summed E-state index contributed by atoms with van der Waals surface area (Å²) in [5.74, 6) is 0. The van der Waals surface area contributed by atoms with Gasteiger partial charge in [0, 0.05) is 44.4 Å². The SMILES string of the molecule is CC1=C(C2=C(C)[C@@]3(C)C[P@]2(=O)C(c2ccccc2)=C3c2ccccc2)[P@]2(=O)C[C@@]1(C)C(c1ccccc1)=C2c1ccccc1. The van der Waals surface area contributed by atoms with Crippen LogP contribution in [0.25, 0.3) is 21.8 Å². The van der Waals surface area contributed by atoms with Crippen molar-refractivity contribution in [1.29, 1.82) is 0 Å². The van der Waals surface area contributed by atoms with Gasteiger partial charge >= 0.3 is 0 Å². The van der Waals surface area contributed by atoms with Gasteiger partial charge in [0.1, 0.15) is 14.3 Å². The Kier molecular flexibility index (Phi) is 5.95. The molecule has 0 saturated heterocycles. The minimum Gasteiger partial charge on any atom is -0.314 e. The third-order valence-corrected chi connectivity index (χ3v) is 18.2. The summed E-state index contributed by atoms with van der Waals surface area (Å²) in [6, 6.07) is 41.5. The maximum Gasteiger partial charge on any atom is 0.146 e. The van der Waals surface area contributed by atoms with Gasteiger partial charge in [0.2, 0.25) is 0 Å². The van der Waals surface area contributed by atoms with E-state index in [-0.39, 0.29) is 0 Å². The van der Waals surface area contributed by atoms with E-state index in [4.69, 9.17) is 0 Å². The molecular formula is C40H36O2P2. The first-order valence-corrected chi connectivity index (χ1v) is 19.3. The molecule has 4 aromatic carbocycles. The van der Waals surface area contributed by atoms with Crippen molar-refractivity contribution in [2.75, 3.05) is 12.3 Å². The molecule has 0 aliphatic carbocycles. The number of hydrogen-bond acceptors (Lipinski definition) is 2. The standard InChI is InChI=1S/C40H36O2P2/c1-27-35(43(41)25-39(27,3)33(29-17-9-5-10-18-29)37(43)31-21-13-7-14-22-31)36-28(2)40(4)26-44(36,42)38(32-23-15-8-16-24-32)34(40)30-19-11-6-12-20-30/h5-24H,25-26H2,1-4H3/t39-,40-,43-,44-/m1/s1. The summed E-state index contributed by atoms with van der Waals surface area (Å²) in [4.78, 5) is 0. The largest absolute Gasteiger partial charge is 0.314 e. The molecule has 44 heavy (non-hydrogen) atoms. The van der Waals surface area contributed by atoms with Gasteiger partial charge in [-0.05, 0) is 47.2 Å². The van der Waals surface area contributed by atoms with E-state index in [2.05, 4.69) is 100 Å². The van der Waals surface area contributed by atoms with Crippen molar-refractivity contribution in [3.63, 3.8) is 0 Å². The monoisotopic (exact) mass is 610 g/mol. The molecule has 4 heteroatoms. The van der Waals surface area contributed by atoms with E-state index in [9.17, 15) is 0 Å². The highest BCUT2D eigenvalue weighted by Gasteiger charge is 2.66. The van der Waals surface area contributed by atoms with Crippen molar-refractivity contribution in [2.24, 2.45) is 10.8 Å². The maximum absolute atomic E-state index is 16.0. The summed E-state index contributed by atoms with van der Waals surface area (Å²) < 4.78 is 32.1. The van der Waals surface area contributed by atoms with E-state index in [1.165, 1.54) is 11.1 Å². The molecule has 0 fully saturated rings. The third kappa shape index (κ3) is 3.45. The quantitative estimate of drug-likeness (QED) is 0.211. The Labute approximate surface area is 260 Å². The van der Waals surface area contributed by atoms with Crippen molar-refractivity contribution >= 4 is 36.1 Å². The van der Waals surface area contributed by atoms with Gasteiger partial charge in [0.25, 0.3) is 0 Å². The molecule has 2 nitrogen and oxygen atoms in total. The van der Waals surface area contributed by atoms with Crippen LogP contribution >= 0.6 is 14.3 Å². The zero-order valence-corrected chi connectivity index (χ0v) is 27.5. The van der Waals surface area contributed by atoms with Crippen LogP contribution in [0.5, 0.6) is 0 Å².